The fraction of sp³-hybridized carbons (Fsp3) is 0.533. The summed E-state index contributed by atoms with van der Waals surface area (Å²) in [5.74, 6) is -0.172. The molecule has 1 fully saturated rings. The van der Waals surface area contributed by atoms with E-state index in [0.29, 0.717) is 16.6 Å². The molecule has 0 aliphatic heterocycles. The molecular formula is C15H20N4O2. The van der Waals surface area contributed by atoms with Crippen LogP contribution in [0.5, 0.6) is 0 Å². The minimum Gasteiger partial charge on any atom is -0.349 e. The van der Waals surface area contributed by atoms with Gasteiger partial charge in [-0.05, 0) is 25.8 Å². The Bertz CT molecular complexity index is 738. The molecule has 0 spiro atoms. The Kier molecular flexibility index (Phi) is 3.53. The van der Waals surface area contributed by atoms with Crippen LogP contribution in [0.2, 0.25) is 0 Å². The molecule has 3 rings (SSSR count). The summed E-state index contributed by atoms with van der Waals surface area (Å²) in [4.78, 5) is 28.9. The van der Waals surface area contributed by atoms with Crippen molar-refractivity contribution in [2.75, 3.05) is 0 Å². The maximum Gasteiger partial charge on any atom is 0.274 e. The van der Waals surface area contributed by atoms with E-state index in [2.05, 4.69) is 15.4 Å². The van der Waals surface area contributed by atoms with Gasteiger partial charge in [0, 0.05) is 18.8 Å². The molecule has 2 N–H and O–H groups in total. The third kappa shape index (κ3) is 2.57. The first-order chi connectivity index (χ1) is 10.1. The van der Waals surface area contributed by atoms with Crippen LogP contribution in [0.4, 0.5) is 0 Å². The molecule has 1 saturated carbocycles. The second-order valence-electron chi connectivity index (χ2n) is 5.82. The standard InChI is InChI=1S/C15H20N4O2/c1-9-8-11(12-13(16-9)19(2)18-15(12)21)14(20)17-10-6-4-3-5-7-10/h8,10H,3-7H2,1-2H3,(H,17,20)(H,18,21). The van der Waals surface area contributed by atoms with E-state index >= 15 is 0 Å². The lowest BCUT2D eigenvalue weighted by Crippen LogP contribution is -2.36. The van der Waals surface area contributed by atoms with Crippen LogP contribution in [0.1, 0.15) is 48.2 Å². The summed E-state index contributed by atoms with van der Waals surface area (Å²) in [7, 11) is 1.72. The Morgan fingerprint density at radius 3 is 2.81 bits per heavy atom. The highest BCUT2D eigenvalue weighted by Gasteiger charge is 2.21. The molecule has 0 bridgehead atoms. The van der Waals surface area contributed by atoms with Gasteiger partial charge in [-0.2, -0.15) is 0 Å². The maximum atomic E-state index is 12.5. The molecule has 6 nitrogen and oxygen atoms in total. The molecule has 2 aromatic rings. The van der Waals surface area contributed by atoms with E-state index in [1.165, 1.54) is 6.42 Å². The van der Waals surface area contributed by atoms with Gasteiger partial charge in [-0.25, -0.2) is 4.98 Å². The van der Waals surface area contributed by atoms with Gasteiger partial charge >= 0.3 is 0 Å². The quantitative estimate of drug-likeness (QED) is 0.881. The van der Waals surface area contributed by atoms with Gasteiger partial charge in [0.05, 0.1) is 10.9 Å². The van der Waals surface area contributed by atoms with Crippen LogP contribution >= 0.6 is 0 Å². The van der Waals surface area contributed by atoms with Gasteiger partial charge in [0.25, 0.3) is 11.5 Å². The van der Waals surface area contributed by atoms with Crippen LogP contribution < -0.4 is 10.9 Å². The van der Waals surface area contributed by atoms with Crippen molar-refractivity contribution in [1.82, 2.24) is 20.1 Å². The number of nitrogens with one attached hydrogen (secondary N) is 2. The van der Waals surface area contributed by atoms with Crippen molar-refractivity contribution in [1.29, 1.82) is 0 Å². The molecule has 0 unspecified atom stereocenters. The fourth-order valence-corrected chi connectivity index (χ4v) is 3.07. The topological polar surface area (TPSA) is 79.8 Å². The van der Waals surface area contributed by atoms with Gasteiger partial charge in [-0.15, -0.1) is 0 Å². The molecule has 1 amide bonds. The summed E-state index contributed by atoms with van der Waals surface area (Å²) >= 11 is 0. The average Bonchev–Trinajstić information content (AvgIpc) is 2.74. The van der Waals surface area contributed by atoms with Crippen molar-refractivity contribution in [3.63, 3.8) is 0 Å². The summed E-state index contributed by atoms with van der Waals surface area (Å²) in [6, 6.07) is 1.91. The summed E-state index contributed by atoms with van der Waals surface area (Å²) in [6.07, 6.45) is 5.58. The number of fused-ring (bicyclic) bond motifs is 1. The number of H-pyrrole nitrogens is 1. The largest absolute Gasteiger partial charge is 0.349 e. The third-order valence-corrected chi connectivity index (χ3v) is 4.13. The van der Waals surface area contributed by atoms with E-state index < -0.39 is 0 Å². The fourth-order valence-electron chi connectivity index (χ4n) is 3.07. The van der Waals surface area contributed by atoms with Gasteiger partial charge in [-0.1, -0.05) is 19.3 Å². The normalized spacial score (nSPS) is 16.3. The van der Waals surface area contributed by atoms with Crippen LogP contribution in [0.3, 0.4) is 0 Å². The molecule has 0 atom stereocenters. The Morgan fingerprint density at radius 1 is 1.38 bits per heavy atom. The lowest BCUT2D eigenvalue weighted by Gasteiger charge is -2.22. The predicted molar refractivity (Wildman–Crippen MR) is 80.4 cm³/mol. The number of aromatic amines is 1. The van der Waals surface area contributed by atoms with Crippen molar-refractivity contribution in [3.8, 4) is 0 Å². The van der Waals surface area contributed by atoms with Crippen molar-refractivity contribution in [3.05, 3.63) is 27.7 Å². The van der Waals surface area contributed by atoms with Crippen molar-refractivity contribution >= 4 is 16.9 Å². The Morgan fingerprint density at radius 2 is 2.10 bits per heavy atom. The van der Waals surface area contributed by atoms with Crippen LogP contribution in [-0.4, -0.2) is 26.7 Å². The smallest absolute Gasteiger partial charge is 0.274 e. The van der Waals surface area contributed by atoms with E-state index in [0.717, 1.165) is 31.4 Å². The monoisotopic (exact) mass is 288 g/mol. The Hall–Kier alpha value is -2.11. The number of aromatic nitrogens is 3. The summed E-state index contributed by atoms with van der Waals surface area (Å²) < 4.78 is 1.56. The van der Waals surface area contributed by atoms with Crippen molar-refractivity contribution in [2.45, 2.75) is 45.1 Å². The van der Waals surface area contributed by atoms with E-state index in [-0.39, 0.29) is 17.5 Å². The lowest BCUT2D eigenvalue weighted by molar-refractivity contribution is 0.0929. The summed E-state index contributed by atoms with van der Waals surface area (Å²) in [6.45, 7) is 1.83. The predicted octanol–water partition coefficient (Wildman–Crippen LogP) is 1.63. The molecule has 1 aliphatic rings. The Labute approximate surface area is 122 Å². The number of amides is 1. The molecule has 1 aliphatic carbocycles. The first-order valence-corrected chi connectivity index (χ1v) is 7.43. The minimum atomic E-state index is -0.270. The molecule has 2 heterocycles. The molecule has 21 heavy (non-hydrogen) atoms. The van der Waals surface area contributed by atoms with Gasteiger partial charge < -0.3 is 5.32 Å². The summed E-state index contributed by atoms with van der Waals surface area (Å²) in [5.41, 5.74) is 1.40. The molecule has 0 saturated heterocycles. The highest BCUT2D eigenvalue weighted by atomic mass is 16.2. The SMILES string of the molecule is Cc1cc(C(=O)NC2CCCCC2)c2c(=O)[nH]n(C)c2n1. The number of carbonyl (C=O) groups is 1. The van der Waals surface area contributed by atoms with Gasteiger partial charge in [0.1, 0.15) is 0 Å². The third-order valence-electron chi connectivity index (χ3n) is 4.13. The second-order valence-corrected chi connectivity index (χ2v) is 5.82. The number of hydrogen-bond donors (Lipinski definition) is 2. The molecule has 2 aromatic heterocycles. The molecule has 112 valence electrons. The molecule has 0 radical (unpaired) electrons. The number of pyridine rings is 1. The first kappa shape index (κ1) is 13.9. The van der Waals surface area contributed by atoms with Crippen molar-refractivity contribution in [2.24, 2.45) is 7.05 Å². The number of carbonyl (C=O) groups excluding carboxylic acids is 1. The zero-order valence-corrected chi connectivity index (χ0v) is 12.4. The minimum absolute atomic E-state index is 0.172. The average molecular weight is 288 g/mol. The van der Waals surface area contributed by atoms with E-state index in [1.54, 1.807) is 17.8 Å². The number of rotatable bonds is 2. The maximum absolute atomic E-state index is 12.5. The van der Waals surface area contributed by atoms with Gasteiger partial charge in [0.15, 0.2) is 5.65 Å². The Balaban J connectivity index is 1.99. The van der Waals surface area contributed by atoms with E-state index in [1.807, 2.05) is 6.92 Å². The highest BCUT2D eigenvalue weighted by Crippen LogP contribution is 2.19. The number of aryl methyl sites for hydroxylation is 2. The molecule has 6 heteroatoms. The lowest BCUT2D eigenvalue weighted by atomic mass is 9.95. The zero-order valence-electron chi connectivity index (χ0n) is 12.4. The van der Waals surface area contributed by atoms with E-state index in [4.69, 9.17) is 0 Å². The van der Waals surface area contributed by atoms with Crippen LogP contribution in [0.25, 0.3) is 11.0 Å². The van der Waals surface area contributed by atoms with Gasteiger partial charge in [0.2, 0.25) is 0 Å². The molecular weight excluding hydrogens is 268 g/mol. The number of nitrogens with zero attached hydrogens (tertiary/aromatic N) is 2. The second kappa shape index (κ2) is 5.35. The number of hydrogen-bond acceptors (Lipinski definition) is 3. The van der Waals surface area contributed by atoms with Crippen LogP contribution in [0.15, 0.2) is 10.9 Å². The first-order valence-electron chi connectivity index (χ1n) is 7.43. The highest BCUT2D eigenvalue weighted by molar-refractivity contribution is 6.05. The molecule has 0 aromatic carbocycles. The zero-order chi connectivity index (χ0) is 15.0. The van der Waals surface area contributed by atoms with Gasteiger partial charge in [-0.3, -0.25) is 19.4 Å². The summed E-state index contributed by atoms with van der Waals surface area (Å²) in [5, 5.41) is 6.09. The van der Waals surface area contributed by atoms with E-state index in [9.17, 15) is 9.59 Å². The van der Waals surface area contributed by atoms with Crippen LogP contribution in [0, 0.1) is 6.92 Å². The van der Waals surface area contributed by atoms with Crippen molar-refractivity contribution < 1.29 is 4.79 Å². The van der Waals surface area contributed by atoms with Crippen LogP contribution in [-0.2, 0) is 7.05 Å².